The molecule has 2 amide bonds. The van der Waals surface area contributed by atoms with Gasteiger partial charge in [0.25, 0.3) is 0 Å². The Hall–Kier alpha value is -3.34. The van der Waals surface area contributed by atoms with Crippen LogP contribution < -0.4 is 11.1 Å². The number of anilines is 1. The molecule has 1 aromatic heterocycles. The van der Waals surface area contributed by atoms with Crippen LogP contribution in [-0.4, -0.2) is 51.3 Å². The second kappa shape index (κ2) is 12.5. The van der Waals surface area contributed by atoms with Crippen LogP contribution in [0.15, 0.2) is 48.7 Å². The van der Waals surface area contributed by atoms with E-state index in [0.29, 0.717) is 16.3 Å². The molecule has 1 heterocycles. The molecule has 0 aliphatic carbocycles. The minimum Gasteiger partial charge on any atom is -0.448 e. The summed E-state index contributed by atoms with van der Waals surface area (Å²) in [5.74, 6) is -1.55. The number of hydrogen-bond donors (Lipinski definition) is 2. The average Bonchev–Trinajstić information content (AvgIpc) is 2.80. The van der Waals surface area contributed by atoms with Gasteiger partial charge >= 0.3 is 6.09 Å². The van der Waals surface area contributed by atoms with Crippen LogP contribution >= 0.6 is 11.6 Å². The summed E-state index contributed by atoms with van der Waals surface area (Å²) in [5, 5.41) is 14.5. The quantitative estimate of drug-likeness (QED) is 0.335. The van der Waals surface area contributed by atoms with Gasteiger partial charge in [-0.1, -0.05) is 17.7 Å². The van der Waals surface area contributed by atoms with Crippen LogP contribution in [0.4, 0.5) is 19.4 Å². The molecule has 0 saturated carbocycles. The molecule has 203 valence electrons. The molecule has 3 rings (SSSR count). The van der Waals surface area contributed by atoms with Gasteiger partial charge in [-0.25, -0.2) is 18.6 Å². The number of pyridine rings is 1. The molecule has 8 nitrogen and oxygen atoms in total. The SMILES string of the molecule is CC(CC([NH])=O)N(Cc1ccc(F)cc1Cl)[C@H](COC(=O)Nc1cc2cc(F)ccc2cn1)CC(C)(C)O. The number of aromatic nitrogens is 1. The number of aliphatic hydroxyl groups is 1. The van der Waals surface area contributed by atoms with Crippen molar-refractivity contribution in [2.24, 2.45) is 0 Å². The Labute approximate surface area is 224 Å². The van der Waals surface area contributed by atoms with Crippen LogP contribution in [0.5, 0.6) is 0 Å². The lowest BCUT2D eigenvalue weighted by molar-refractivity contribution is -0.120. The molecule has 0 aliphatic heterocycles. The third-order valence-corrected chi connectivity index (χ3v) is 6.29. The summed E-state index contributed by atoms with van der Waals surface area (Å²) in [7, 11) is 0. The monoisotopic (exact) mass is 547 g/mol. The number of nitrogens with one attached hydrogen (secondary N) is 2. The Kier molecular flexibility index (Phi) is 9.59. The van der Waals surface area contributed by atoms with Crippen molar-refractivity contribution in [1.29, 1.82) is 0 Å². The molecule has 1 radical (unpaired) electrons. The number of amides is 2. The highest BCUT2D eigenvalue weighted by atomic mass is 35.5. The van der Waals surface area contributed by atoms with E-state index >= 15 is 0 Å². The molecule has 3 N–H and O–H groups in total. The van der Waals surface area contributed by atoms with Gasteiger partial charge in [0.05, 0.1) is 5.60 Å². The first kappa shape index (κ1) is 29.2. The fourth-order valence-corrected chi connectivity index (χ4v) is 4.45. The van der Waals surface area contributed by atoms with Crippen molar-refractivity contribution < 1.29 is 28.2 Å². The van der Waals surface area contributed by atoms with Crippen molar-refractivity contribution in [3.63, 3.8) is 0 Å². The maximum Gasteiger partial charge on any atom is 0.412 e. The average molecular weight is 548 g/mol. The summed E-state index contributed by atoms with van der Waals surface area (Å²) in [6.07, 6.45) is 0.696. The van der Waals surface area contributed by atoms with E-state index in [1.54, 1.807) is 31.7 Å². The third kappa shape index (κ3) is 8.61. The molecule has 0 bridgehead atoms. The number of hydrogen-bond acceptors (Lipinski definition) is 6. The standard InChI is InChI=1S/C27H30ClF2N4O4/c1-16(8-24(31)35)34(14-18-5-7-21(30)11-23(18)28)22(12-27(2,3)37)15-38-26(36)33-25-10-19-9-20(29)6-4-17(19)13-32-25/h4-7,9-11,13,16,22,31,37H,8,12,14-15H2,1-3H3,(H,32,33,36)/t16?,22-/m0/s1. The summed E-state index contributed by atoms with van der Waals surface area (Å²) in [6, 6.07) is 8.58. The molecule has 0 fully saturated rings. The van der Waals surface area contributed by atoms with Crippen LogP contribution in [0, 0.1) is 11.6 Å². The topological polar surface area (TPSA) is 116 Å². The molecule has 1 unspecified atom stereocenters. The summed E-state index contributed by atoms with van der Waals surface area (Å²) < 4.78 is 32.7. The molecular formula is C27H30ClF2N4O4. The smallest absolute Gasteiger partial charge is 0.412 e. The van der Waals surface area contributed by atoms with Crippen molar-refractivity contribution in [3.8, 4) is 0 Å². The first-order chi connectivity index (χ1) is 17.8. The van der Waals surface area contributed by atoms with E-state index in [1.165, 1.54) is 42.6 Å². The lowest BCUT2D eigenvalue weighted by Gasteiger charge is -2.38. The molecule has 0 spiro atoms. The molecule has 3 aromatic rings. The van der Waals surface area contributed by atoms with Gasteiger partial charge in [0.1, 0.15) is 24.1 Å². The Balaban J connectivity index is 1.80. The van der Waals surface area contributed by atoms with Gasteiger partial charge < -0.3 is 9.84 Å². The van der Waals surface area contributed by atoms with Crippen LogP contribution in [0.3, 0.4) is 0 Å². The fraction of sp³-hybridized carbons (Fsp3) is 0.370. The van der Waals surface area contributed by atoms with Gasteiger partial charge in [-0.3, -0.25) is 20.7 Å². The second-order valence-electron chi connectivity index (χ2n) is 9.84. The van der Waals surface area contributed by atoms with Gasteiger partial charge in [0.2, 0.25) is 5.91 Å². The molecule has 38 heavy (non-hydrogen) atoms. The Morgan fingerprint density at radius 1 is 1.16 bits per heavy atom. The maximum absolute atomic E-state index is 13.6. The lowest BCUT2D eigenvalue weighted by atomic mass is 9.96. The molecule has 0 saturated heterocycles. The zero-order valence-electron chi connectivity index (χ0n) is 21.3. The fourth-order valence-electron chi connectivity index (χ4n) is 4.22. The van der Waals surface area contributed by atoms with Gasteiger partial charge in [-0.05, 0) is 74.5 Å². The predicted molar refractivity (Wildman–Crippen MR) is 141 cm³/mol. The van der Waals surface area contributed by atoms with Crippen molar-refractivity contribution >= 4 is 40.2 Å². The largest absolute Gasteiger partial charge is 0.448 e. The van der Waals surface area contributed by atoms with Gasteiger partial charge in [0.15, 0.2) is 0 Å². The van der Waals surface area contributed by atoms with Crippen LogP contribution in [0.1, 0.15) is 39.2 Å². The number of ether oxygens (including phenoxy) is 1. The summed E-state index contributed by atoms with van der Waals surface area (Å²) in [6.45, 7) is 4.90. The highest BCUT2D eigenvalue weighted by Gasteiger charge is 2.31. The minimum atomic E-state index is -1.18. The van der Waals surface area contributed by atoms with Crippen LogP contribution in [0.2, 0.25) is 5.02 Å². The number of carbonyl (C=O) groups excluding carboxylic acids is 2. The number of halogens is 3. The Bertz CT molecular complexity index is 1300. The number of rotatable bonds is 11. The zero-order chi connectivity index (χ0) is 28.0. The zero-order valence-corrected chi connectivity index (χ0v) is 22.1. The van der Waals surface area contributed by atoms with E-state index in [9.17, 15) is 23.5 Å². The van der Waals surface area contributed by atoms with Gasteiger partial charge in [-0.15, -0.1) is 0 Å². The van der Waals surface area contributed by atoms with Gasteiger partial charge in [-0.2, -0.15) is 0 Å². The number of fused-ring (bicyclic) bond motifs is 1. The first-order valence-electron chi connectivity index (χ1n) is 12.0. The van der Waals surface area contributed by atoms with E-state index in [1.807, 2.05) is 0 Å². The van der Waals surface area contributed by atoms with Crippen LogP contribution in [0.25, 0.3) is 10.8 Å². The summed E-state index contributed by atoms with van der Waals surface area (Å²) in [4.78, 5) is 30.2. The summed E-state index contributed by atoms with van der Waals surface area (Å²) >= 11 is 6.25. The Morgan fingerprint density at radius 2 is 1.84 bits per heavy atom. The van der Waals surface area contributed by atoms with E-state index in [2.05, 4.69) is 10.3 Å². The van der Waals surface area contributed by atoms with Crippen LogP contribution in [-0.2, 0) is 16.1 Å². The highest BCUT2D eigenvalue weighted by Crippen LogP contribution is 2.26. The lowest BCUT2D eigenvalue weighted by Crippen LogP contribution is -2.48. The Morgan fingerprint density at radius 3 is 2.50 bits per heavy atom. The van der Waals surface area contributed by atoms with E-state index in [0.717, 1.165) is 0 Å². The van der Waals surface area contributed by atoms with E-state index in [4.69, 9.17) is 22.1 Å². The first-order valence-corrected chi connectivity index (χ1v) is 12.3. The predicted octanol–water partition coefficient (Wildman–Crippen LogP) is 5.33. The third-order valence-electron chi connectivity index (χ3n) is 5.94. The van der Waals surface area contributed by atoms with Crippen molar-refractivity contribution in [1.82, 2.24) is 15.6 Å². The molecule has 2 aromatic carbocycles. The minimum absolute atomic E-state index is 0.120. The molecule has 2 atom stereocenters. The van der Waals surface area contributed by atoms with E-state index < -0.39 is 41.3 Å². The highest BCUT2D eigenvalue weighted by molar-refractivity contribution is 6.31. The second-order valence-corrected chi connectivity index (χ2v) is 10.2. The number of benzene rings is 2. The summed E-state index contributed by atoms with van der Waals surface area (Å²) in [5.41, 5.74) is 6.81. The normalized spacial score (nSPS) is 13.4. The molecular weight excluding hydrogens is 518 g/mol. The van der Waals surface area contributed by atoms with Gasteiger partial charge in [0, 0.05) is 41.7 Å². The van der Waals surface area contributed by atoms with Crippen molar-refractivity contribution in [3.05, 3.63) is 70.9 Å². The van der Waals surface area contributed by atoms with Crippen molar-refractivity contribution in [2.45, 2.75) is 57.8 Å². The number of nitrogens with zero attached hydrogens (tertiary/aromatic N) is 2. The number of carbonyl (C=O) groups is 2. The van der Waals surface area contributed by atoms with E-state index in [-0.39, 0.29) is 36.8 Å². The molecule has 11 heteroatoms. The maximum atomic E-state index is 13.6. The molecule has 0 aliphatic rings. The van der Waals surface area contributed by atoms with Crippen molar-refractivity contribution in [2.75, 3.05) is 11.9 Å².